The van der Waals surface area contributed by atoms with Gasteiger partial charge in [0.25, 0.3) is 0 Å². The quantitative estimate of drug-likeness (QED) is 0.784. The third kappa shape index (κ3) is 5.02. The van der Waals surface area contributed by atoms with Gasteiger partial charge in [0, 0.05) is 25.1 Å². The van der Waals surface area contributed by atoms with E-state index in [1.807, 2.05) is 18.2 Å². The van der Waals surface area contributed by atoms with E-state index in [-0.39, 0.29) is 12.1 Å². The van der Waals surface area contributed by atoms with Gasteiger partial charge in [-0.1, -0.05) is 30.7 Å². The minimum atomic E-state index is -0.121. The number of carbonyl (C=O) groups excluding carboxylic acids is 1. The summed E-state index contributed by atoms with van der Waals surface area (Å²) in [6.07, 6.45) is 4.37. The topological polar surface area (TPSA) is 53.6 Å². The molecule has 2 N–H and O–H groups in total. The van der Waals surface area contributed by atoms with Gasteiger partial charge in [-0.3, -0.25) is 0 Å². The Balaban J connectivity index is 1.41. The molecule has 2 aliphatic rings. The van der Waals surface area contributed by atoms with Gasteiger partial charge in [0.15, 0.2) is 0 Å². The summed E-state index contributed by atoms with van der Waals surface area (Å²) >= 11 is 6.17. The number of nitrogens with zero attached hydrogens (tertiary/aromatic N) is 1. The van der Waals surface area contributed by atoms with Crippen LogP contribution >= 0.6 is 11.6 Å². The SMILES string of the molecule is C[C@@H]1CCCN(CCCNC(=O)N[C@H]2CCOc3c(Cl)cccc32)C1. The molecule has 0 aliphatic carbocycles. The number of benzene rings is 1. The Morgan fingerprint density at radius 3 is 3.12 bits per heavy atom. The highest BCUT2D eigenvalue weighted by Gasteiger charge is 2.24. The van der Waals surface area contributed by atoms with Gasteiger partial charge in [-0.25, -0.2) is 4.79 Å². The van der Waals surface area contributed by atoms with Crippen molar-refractivity contribution >= 4 is 17.6 Å². The first-order valence-corrected chi connectivity index (χ1v) is 9.69. The van der Waals surface area contributed by atoms with Gasteiger partial charge in [0.1, 0.15) is 5.75 Å². The van der Waals surface area contributed by atoms with Crippen molar-refractivity contribution < 1.29 is 9.53 Å². The molecule has 1 saturated heterocycles. The molecule has 3 rings (SSSR count). The summed E-state index contributed by atoms with van der Waals surface area (Å²) in [4.78, 5) is 14.7. The number of carbonyl (C=O) groups is 1. The molecule has 5 nitrogen and oxygen atoms in total. The lowest BCUT2D eigenvalue weighted by molar-refractivity contribution is 0.181. The van der Waals surface area contributed by atoms with Crippen molar-refractivity contribution in [2.24, 2.45) is 5.92 Å². The van der Waals surface area contributed by atoms with Crippen LogP contribution in [-0.2, 0) is 0 Å². The summed E-state index contributed by atoms with van der Waals surface area (Å²) in [7, 11) is 0. The fourth-order valence-corrected chi connectivity index (χ4v) is 3.98. The number of halogens is 1. The molecule has 0 aromatic heterocycles. The number of urea groups is 1. The highest BCUT2D eigenvalue weighted by Crippen LogP contribution is 2.37. The number of ether oxygens (including phenoxy) is 1. The second-order valence-electron chi connectivity index (χ2n) is 7.15. The van der Waals surface area contributed by atoms with E-state index in [2.05, 4.69) is 22.5 Å². The first-order valence-electron chi connectivity index (χ1n) is 9.31. The first-order chi connectivity index (χ1) is 12.1. The number of nitrogens with one attached hydrogen (secondary N) is 2. The zero-order valence-electron chi connectivity index (χ0n) is 14.9. The van der Waals surface area contributed by atoms with Crippen molar-refractivity contribution in [2.45, 2.75) is 38.6 Å². The standard InChI is InChI=1S/C19H28ClN3O2/c1-14-5-3-10-23(13-14)11-4-9-21-19(24)22-17-8-12-25-18-15(17)6-2-7-16(18)20/h2,6-7,14,17H,3-5,8-13H2,1H3,(H2,21,22,24)/t14-,17+/m1/s1. The van der Waals surface area contributed by atoms with Crippen LogP contribution in [0.3, 0.4) is 0 Å². The highest BCUT2D eigenvalue weighted by atomic mass is 35.5. The predicted octanol–water partition coefficient (Wildman–Crippen LogP) is 3.58. The van der Waals surface area contributed by atoms with E-state index in [4.69, 9.17) is 16.3 Å². The molecule has 0 radical (unpaired) electrons. The van der Waals surface area contributed by atoms with Crippen molar-refractivity contribution in [3.05, 3.63) is 28.8 Å². The van der Waals surface area contributed by atoms with E-state index >= 15 is 0 Å². The summed E-state index contributed by atoms with van der Waals surface area (Å²) in [5.74, 6) is 1.49. The maximum absolute atomic E-state index is 12.2. The maximum Gasteiger partial charge on any atom is 0.315 e. The second-order valence-corrected chi connectivity index (χ2v) is 7.56. The van der Waals surface area contributed by atoms with Crippen LogP contribution in [0.4, 0.5) is 4.79 Å². The zero-order valence-corrected chi connectivity index (χ0v) is 15.6. The molecule has 1 aromatic rings. The van der Waals surface area contributed by atoms with Crippen LogP contribution in [0.15, 0.2) is 18.2 Å². The predicted molar refractivity (Wildman–Crippen MR) is 100 cm³/mol. The van der Waals surface area contributed by atoms with E-state index < -0.39 is 0 Å². The van der Waals surface area contributed by atoms with Gasteiger partial charge in [-0.15, -0.1) is 0 Å². The van der Waals surface area contributed by atoms with Crippen LogP contribution in [0.5, 0.6) is 5.75 Å². The molecule has 138 valence electrons. The summed E-state index contributed by atoms with van der Waals surface area (Å²) < 4.78 is 5.63. The van der Waals surface area contributed by atoms with Gasteiger partial charge in [-0.05, 0) is 44.3 Å². The Kier molecular flexibility index (Phi) is 6.43. The van der Waals surface area contributed by atoms with Gasteiger partial charge < -0.3 is 20.3 Å². The lowest BCUT2D eigenvalue weighted by atomic mass is 10.0. The summed E-state index contributed by atoms with van der Waals surface area (Å²) in [5.41, 5.74) is 0.955. The molecule has 2 amide bonds. The van der Waals surface area contributed by atoms with Crippen LogP contribution < -0.4 is 15.4 Å². The number of piperidine rings is 1. The number of amides is 2. The van der Waals surface area contributed by atoms with Crippen molar-refractivity contribution in [2.75, 3.05) is 32.8 Å². The van der Waals surface area contributed by atoms with Crippen LogP contribution in [0.25, 0.3) is 0 Å². The average Bonchev–Trinajstić information content (AvgIpc) is 2.60. The van der Waals surface area contributed by atoms with Crippen molar-refractivity contribution in [3.63, 3.8) is 0 Å². The van der Waals surface area contributed by atoms with Crippen LogP contribution in [0.2, 0.25) is 5.02 Å². The Morgan fingerprint density at radius 1 is 1.40 bits per heavy atom. The summed E-state index contributed by atoms with van der Waals surface area (Å²) in [6.45, 7) is 7.01. The number of fused-ring (bicyclic) bond motifs is 1. The van der Waals surface area contributed by atoms with Gasteiger partial charge in [-0.2, -0.15) is 0 Å². The largest absolute Gasteiger partial charge is 0.492 e. The normalized spacial score (nSPS) is 23.4. The highest BCUT2D eigenvalue weighted by molar-refractivity contribution is 6.32. The molecule has 2 atom stereocenters. The number of hydrogen-bond donors (Lipinski definition) is 2. The molecule has 0 bridgehead atoms. The smallest absolute Gasteiger partial charge is 0.315 e. The Hall–Kier alpha value is -1.46. The Labute approximate surface area is 155 Å². The number of rotatable bonds is 5. The Morgan fingerprint density at radius 2 is 2.28 bits per heavy atom. The van der Waals surface area contributed by atoms with Gasteiger partial charge in [0.2, 0.25) is 0 Å². The maximum atomic E-state index is 12.2. The molecule has 2 heterocycles. The fourth-order valence-electron chi connectivity index (χ4n) is 3.74. The van der Waals surface area contributed by atoms with E-state index in [0.29, 0.717) is 23.9 Å². The third-order valence-electron chi connectivity index (χ3n) is 5.01. The monoisotopic (exact) mass is 365 g/mol. The van der Waals surface area contributed by atoms with Crippen LogP contribution in [0, 0.1) is 5.92 Å². The molecular weight excluding hydrogens is 338 g/mol. The van der Waals surface area contributed by atoms with E-state index in [1.165, 1.54) is 25.9 Å². The third-order valence-corrected chi connectivity index (χ3v) is 5.31. The minimum absolute atomic E-state index is 0.0506. The molecule has 6 heteroatoms. The zero-order chi connectivity index (χ0) is 17.6. The summed E-state index contributed by atoms with van der Waals surface area (Å²) in [5, 5.41) is 6.62. The molecular formula is C19H28ClN3O2. The average molecular weight is 366 g/mol. The molecule has 1 fully saturated rings. The number of likely N-dealkylation sites (tertiary alicyclic amines) is 1. The van der Waals surface area contributed by atoms with E-state index in [1.54, 1.807) is 0 Å². The van der Waals surface area contributed by atoms with Gasteiger partial charge >= 0.3 is 6.03 Å². The lowest BCUT2D eigenvalue weighted by Crippen LogP contribution is -2.41. The molecule has 2 aliphatic heterocycles. The second kappa shape index (κ2) is 8.77. The molecule has 1 aromatic carbocycles. The Bertz CT molecular complexity index is 596. The molecule has 25 heavy (non-hydrogen) atoms. The van der Waals surface area contributed by atoms with Crippen molar-refractivity contribution in [3.8, 4) is 5.75 Å². The minimum Gasteiger partial charge on any atom is -0.492 e. The van der Waals surface area contributed by atoms with E-state index in [9.17, 15) is 4.79 Å². The number of para-hydroxylation sites is 1. The van der Waals surface area contributed by atoms with Crippen molar-refractivity contribution in [1.82, 2.24) is 15.5 Å². The van der Waals surface area contributed by atoms with Crippen molar-refractivity contribution in [1.29, 1.82) is 0 Å². The first kappa shape index (κ1) is 18.3. The number of hydrogen-bond acceptors (Lipinski definition) is 3. The molecule has 0 unspecified atom stereocenters. The van der Waals surface area contributed by atoms with Crippen LogP contribution in [-0.4, -0.2) is 43.7 Å². The van der Waals surface area contributed by atoms with E-state index in [0.717, 1.165) is 30.9 Å². The molecule has 0 saturated carbocycles. The molecule has 0 spiro atoms. The van der Waals surface area contributed by atoms with Gasteiger partial charge in [0.05, 0.1) is 17.7 Å². The van der Waals surface area contributed by atoms with Crippen LogP contribution in [0.1, 0.15) is 44.2 Å². The lowest BCUT2D eigenvalue weighted by Gasteiger charge is -2.30. The fraction of sp³-hybridized carbons (Fsp3) is 0.632. The summed E-state index contributed by atoms with van der Waals surface area (Å²) in [6, 6.07) is 5.49.